The first kappa shape index (κ1) is 24.1. The van der Waals surface area contributed by atoms with Gasteiger partial charge in [0.2, 0.25) is 5.91 Å². The second-order valence-electron chi connectivity index (χ2n) is 8.55. The number of anilines is 1. The number of ether oxygens (including phenoxy) is 2. The highest BCUT2D eigenvalue weighted by atomic mass is 35.5. The van der Waals surface area contributed by atoms with Gasteiger partial charge in [0.1, 0.15) is 18.1 Å². The Bertz CT molecular complexity index is 1320. The molecule has 0 N–H and O–H groups in total. The Labute approximate surface area is 219 Å². The van der Waals surface area contributed by atoms with Gasteiger partial charge in [0.05, 0.1) is 36.3 Å². The van der Waals surface area contributed by atoms with E-state index in [2.05, 4.69) is 11.0 Å². The van der Waals surface area contributed by atoms with Gasteiger partial charge in [0, 0.05) is 23.0 Å². The number of carbonyl (C=O) groups excluding carboxylic acids is 1. The number of thioether (sulfide) groups is 1. The molecule has 36 heavy (non-hydrogen) atoms. The molecule has 0 aromatic heterocycles. The van der Waals surface area contributed by atoms with Gasteiger partial charge in [-0.25, -0.2) is 0 Å². The summed E-state index contributed by atoms with van der Waals surface area (Å²) >= 11 is 7.47. The molecule has 2 heterocycles. The molecule has 3 aromatic rings. The second-order valence-corrected chi connectivity index (χ2v) is 9.92. The number of carbonyl (C=O) groups is 1. The van der Waals surface area contributed by atoms with Crippen LogP contribution in [0.1, 0.15) is 23.5 Å². The number of methoxy groups -OCH3 is 1. The van der Waals surface area contributed by atoms with Crippen molar-refractivity contribution in [2.24, 2.45) is 0 Å². The van der Waals surface area contributed by atoms with Crippen molar-refractivity contribution in [2.75, 3.05) is 24.6 Å². The predicted molar refractivity (Wildman–Crippen MR) is 142 cm³/mol. The predicted octanol–water partition coefficient (Wildman–Crippen LogP) is 6.15. The van der Waals surface area contributed by atoms with Crippen LogP contribution >= 0.6 is 23.4 Å². The monoisotopic (exact) mass is 517 g/mol. The van der Waals surface area contributed by atoms with E-state index in [1.165, 1.54) is 11.8 Å². The van der Waals surface area contributed by atoms with Gasteiger partial charge >= 0.3 is 0 Å². The minimum Gasteiger partial charge on any atom is -0.497 e. The standard InChI is InChI=1S/C28H24ClN3O3S/c1-34-23-12-8-22(9-13-23)31-17-32-27(33)14-25(26(15-30)28(32)36-18-31)20-4-10-24(11-5-20)35-16-19-2-6-21(29)7-3-19/h2-13,25H,14,16-18H2,1H3/t25-/m0/s1. The number of halogens is 1. The van der Waals surface area contributed by atoms with Crippen LogP contribution in [0.3, 0.4) is 0 Å². The van der Waals surface area contributed by atoms with Crippen molar-refractivity contribution >= 4 is 35.0 Å². The Morgan fingerprint density at radius 3 is 2.39 bits per heavy atom. The molecule has 6 nitrogen and oxygen atoms in total. The Morgan fingerprint density at radius 1 is 1.03 bits per heavy atom. The first-order chi connectivity index (χ1) is 17.6. The molecule has 1 amide bonds. The largest absolute Gasteiger partial charge is 0.497 e. The normalized spacial score (nSPS) is 17.5. The molecule has 0 bridgehead atoms. The number of nitriles is 1. The van der Waals surface area contributed by atoms with Crippen LogP contribution in [0.2, 0.25) is 5.02 Å². The van der Waals surface area contributed by atoms with Gasteiger partial charge in [-0.05, 0) is 59.7 Å². The number of hydrogen-bond donors (Lipinski definition) is 0. The zero-order chi connectivity index (χ0) is 25.1. The Balaban J connectivity index is 1.30. The summed E-state index contributed by atoms with van der Waals surface area (Å²) < 4.78 is 11.1. The molecule has 182 valence electrons. The van der Waals surface area contributed by atoms with Gasteiger partial charge in [-0.1, -0.05) is 47.6 Å². The summed E-state index contributed by atoms with van der Waals surface area (Å²) in [6.07, 6.45) is 0.258. The lowest BCUT2D eigenvalue weighted by Crippen LogP contribution is -2.47. The number of benzene rings is 3. The third-order valence-corrected chi connectivity index (χ3v) is 7.74. The minimum absolute atomic E-state index is 0.0165. The summed E-state index contributed by atoms with van der Waals surface area (Å²) in [4.78, 5) is 17.0. The average Bonchev–Trinajstić information content (AvgIpc) is 2.93. The number of rotatable bonds is 6. The van der Waals surface area contributed by atoms with Crippen molar-refractivity contribution in [1.82, 2.24) is 4.90 Å². The molecule has 0 spiro atoms. The maximum absolute atomic E-state index is 13.2. The van der Waals surface area contributed by atoms with Crippen molar-refractivity contribution < 1.29 is 14.3 Å². The SMILES string of the molecule is COc1ccc(N2CSC3=C(C#N)[C@H](c4ccc(OCc5ccc(Cl)cc5)cc4)CC(=O)N3C2)cc1. The Kier molecular flexibility index (Phi) is 7.08. The van der Waals surface area contributed by atoms with E-state index in [-0.39, 0.29) is 18.2 Å². The van der Waals surface area contributed by atoms with Crippen molar-refractivity contribution in [1.29, 1.82) is 5.26 Å². The van der Waals surface area contributed by atoms with Crippen molar-refractivity contribution in [3.8, 4) is 17.6 Å². The lowest BCUT2D eigenvalue weighted by molar-refractivity contribution is -0.129. The summed E-state index contributed by atoms with van der Waals surface area (Å²) in [6, 6.07) is 25.4. The Morgan fingerprint density at radius 2 is 1.72 bits per heavy atom. The summed E-state index contributed by atoms with van der Waals surface area (Å²) in [5.41, 5.74) is 3.61. The fourth-order valence-corrected chi connectivity index (χ4v) is 5.64. The van der Waals surface area contributed by atoms with Crippen molar-refractivity contribution in [3.63, 3.8) is 0 Å². The molecule has 2 aliphatic rings. The van der Waals surface area contributed by atoms with Gasteiger partial charge in [-0.15, -0.1) is 0 Å². The molecule has 0 saturated carbocycles. The quantitative estimate of drug-likeness (QED) is 0.391. The highest BCUT2D eigenvalue weighted by Gasteiger charge is 2.38. The highest BCUT2D eigenvalue weighted by molar-refractivity contribution is 8.03. The first-order valence-electron chi connectivity index (χ1n) is 11.5. The molecular formula is C28H24ClN3O3S. The maximum atomic E-state index is 13.2. The molecular weight excluding hydrogens is 494 g/mol. The fourth-order valence-electron chi connectivity index (χ4n) is 4.35. The van der Waals surface area contributed by atoms with E-state index < -0.39 is 0 Å². The zero-order valence-electron chi connectivity index (χ0n) is 19.7. The molecule has 1 saturated heterocycles. The third kappa shape index (κ3) is 5.01. The highest BCUT2D eigenvalue weighted by Crippen LogP contribution is 2.43. The molecule has 0 radical (unpaired) electrons. The molecule has 5 rings (SSSR count). The lowest BCUT2D eigenvalue weighted by atomic mass is 9.86. The van der Waals surface area contributed by atoms with E-state index in [0.717, 1.165) is 33.3 Å². The summed E-state index contributed by atoms with van der Waals surface area (Å²) in [5.74, 6) is 1.92. The van der Waals surface area contributed by atoms with Crippen LogP contribution in [0.25, 0.3) is 0 Å². The molecule has 1 atom stereocenters. The van der Waals surface area contributed by atoms with E-state index in [0.29, 0.717) is 29.7 Å². The van der Waals surface area contributed by atoms with E-state index in [4.69, 9.17) is 21.1 Å². The summed E-state index contributed by atoms with van der Waals surface area (Å²) in [7, 11) is 1.64. The van der Waals surface area contributed by atoms with Gasteiger partial charge in [-0.3, -0.25) is 9.69 Å². The fraction of sp³-hybridized carbons (Fsp3) is 0.214. The topological polar surface area (TPSA) is 65.8 Å². The van der Waals surface area contributed by atoms with Crippen LogP contribution in [-0.2, 0) is 11.4 Å². The second kappa shape index (κ2) is 10.6. The van der Waals surface area contributed by atoms with Crippen LogP contribution in [-0.4, -0.2) is 30.5 Å². The lowest BCUT2D eigenvalue weighted by Gasteiger charge is -2.42. The van der Waals surface area contributed by atoms with Crippen molar-refractivity contribution in [2.45, 2.75) is 18.9 Å². The van der Waals surface area contributed by atoms with Gasteiger partial charge in [0.15, 0.2) is 0 Å². The van der Waals surface area contributed by atoms with Gasteiger partial charge in [0.25, 0.3) is 0 Å². The number of nitrogens with zero attached hydrogens (tertiary/aromatic N) is 3. The van der Waals surface area contributed by atoms with E-state index in [1.807, 2.05) is 72.8 Å². The van der Waals surface area contributed by atoms with Crippen LogP contribution in [0.5, 0.6) is 11.5 Å². The number of fused-ring (bicyclic) bond motifs is 1. The van der Waals surface area contributed by atoms with Crippen LogP contribution in [0, 0.1) is 11.3 Å². The Hall–Kier alpha value is -3.60. The molecule has 0 aliphatic carbocycles. The van der Waals surface area contributed by atoms with Crippen molar-refractivity contribution in [3.05, 3.63) is 99.5 Å². The van der Waals surface area contributed by atoms with E-state index in [1.54, 1.807) is 12.0 Å². The van der Waals surface area contributed by atoms with Crippen LogP contribution in [0.15, 0.2) is 83.4 Å². The first-order valence-corrected chi connectivity index (χ1v) is 12.9. The minimum atomic E-state index is -0.265. The van der Waals surface area contributed by atoms with Crippen LogP contribution in [0.4, 0.5) is 5.69 Å². The van der Waals surface area contributed by atoms with Gasteiger partial charge in [-0.2, -0.15) is 5.26 Å². The molecule has 1 fully saturated rings. The number of allylic oxidation sites excluding steroid dienone is 1. The van der Waals surface area contributed by atoms with E-state index >= 15 is 0 Å². The summed E-state index contributed by atoms with van der Waals surface area (Å²) in [6.45, 7) is 0.852. The number of amides is 1. The molecule has 0 unspecified atom stereocenters. The third-order valence-electron chi connectivity index (χ3n) is 6.33. The molecule has 2 aliphatic heterocycles. The molecule has 3 aromatic carbocycles. The smallest absolute Gasteiger partial charge is 0.229 e. The summed E-state index contributed by atoms with van der Waals surface area (Å²) in [5, 5.41) is 11.5. The number of hydrogen-bond acceptors (Lipinski definition) is 6. The van der Waals surface area contributed by atoms with Gasteiger partial charge < -0.3 is 14.4 Å². The zero-order valence-corrected chi connectivity index (χ0v) is 21.3. The average molecular weight is 518 g/mol. The van der Waals surface area contributed by atoms with Crippen LogP contribution < -0.4 is 14.4 Å². The molecule has 8 heteroatoms. The van der Waals surface area contributed by atoms with E-state index in [9.17, 15) is 10.1 Å². The maximum Gasteiger partial charge on any atom is 0.229 e.